The lowest BCUT2D eigenvalue weighted by atomic mass is 10.1. The lowest BCUT2D eigenvalue weighted by molar-refractivity contribution is -0.122. The van der Waals surface area contributed by atoms with E-state index in [-0.39, 0.29) is 12.1 Å². The summed E-state index contributed by atoms with van der Waals surface area (Å²) in [5.41, 5.74) is 0. The van der Waals surface area contributed by atoms with E-state index >= 15 is 0 Å². The van der Waals surface area contributed by atoms with E-state index in [1.54, 1.807) is 0 Å². The van der Waals surface area contributed by atoms with Crippen LogP contribution in [-0.2, 0) is 9.53 Å². The van der Waals surface area contributed by atoms with E-state index in [1.165, 1.54) is 6.92 Å². The summed E-state index contributed by atoms with van der Waals surface area (Å²) in [6.07, 6.45) is 0.866. The monoisotopic (exact) mass is 173 g/mol. The summed E-state index contributed by atoms with van der Waals surface area (Å²) in [6.45, 7) is 8.32. The summed E-state index contributed by atoms with van der Waals surface area (Å²) in [5, 5.41) is 2.66. The van der Waals surface area contributed by atoms with Gasteiger partial charge in [-0.15, -0.1) is 0 Å². The van der Waals surface area contributed by atoms with Crippen molar-refractivity contribution >= 4 is 5.91 Å². The first-order valence-corrected chi connectivity index (χ1v) is 4.41. The van der Waals surface area contributed by atoms with E-state index in [9.17, 15) is 4.79 Å². The van der Waals surface area contributed by atoms with Gasteiger partial charge in [0.2, 0.25) is 5.91 Å². The van der Waals surface area contributed by atoms with Crippen molar-refractivity contribution < 1.29 is 9.53 Å². The molecule has 0 bridgehead atoms. The van der Waals surface area contributed by atoms with E-state index < -0.39 is 0 Å². The second-order valence-corrected chi connectivity index (χ2v) is 3.40. The summed E-state index contributed by atoms with van der Waals surface area (Å²) in [6, 6.07) is 0. The zero-order valence-corrected chi connectivity index (χ0v) is 8.39. The zero-order valence-electron chi connectivity index (χ0n) is 8.39. The molecule has 0 radical (unpaired) electrons. The van der Waals surface area contributed by atoms with Crippen LogP contribution >= 0.6 is 0 Å². The van der Waals surface area contributed by atoms with Gasteiger partial charge in [0.05, 0.1) is 0 Å². The van der Waals surface area contributed by atoms with Crippen LogP contribution < -0.4 is 5.32 Å². The Bertz CT molecular complexity index is 134. The van der Waals surface area contributed by atoms with Crippen molar-refractivity contribution in [2.45, 2.75) is 40.3 Å². The smallest absolute Gasteiger partial charge is 0.218 e. The topological polar surface area (TPSA) is 38.3 Å². The van der Waals surface area contributed by atoms with E-state index in [0.29, 0.717) is 12.5 Å². The molecule has 0 aromatic carbocycles. The van der Waals surface area contributed by atoms with Crippen molar-refractivity contribution in [2.24, 2.45) is 5.92 Å². The van der Waals surface area contributed by atoms with Crippen molar-refractivity contribution in [3.8, 4) is 0 Å². The van der Waals surface area contributed by atoms with Crippen LogP contribution in [0.3, 0.4) is 0 Å². The van der Waals surface area contributed by atoms with Crippen LogP contribution in [0.5, 0.6) is 0 Å². The van der Waals surface area contributed by atoms with Crippen LogP contribution in [0, 0.1) is 5.92 Å². The molecule has 72 valence electrons. The number of hydrogen-bond acceptors (Lipinski definition) is 2. The first kappa shape index (κ1) is 11.4. The fraction of sp³-hybridized carbons (Fsp3) is 0.889. The van der Waals surface area contributed by atoms with Crippen LogP contribution in [0.2, 0.25) is 0 Å². The predicted octanol–water partition coefficient (Wildman–Crippen LogP) is 1.53. The highest BCUT2D eigenvalue weighted by Crippen LogP contribution is 1.99. The Kier molecular flexibility index (Phi) is 5.72. The van der Waals surface area contributed by atoms with Crippen molar-refractivity contribution in [1.29, 1.82) is 0 Å². The Balaban J connectivity index is 3.31. The number of carbonyl (C=O) groups excluding carboxylic acids is 1. The molecule has 0 aliphatic rings. The predicted molar refractivity (Wildman–Crippen MR) is 48.7 cm³/mol. The Morgan fingerprint density at radius 3 is 2.42 bits per heavy atom. The summed E-state index contributed by atoms with van der Waals surface area (Å²) >= 11 is 0. The molecule has 0 heterocycles. The van der Waals surface area contributed by atoms with Gasteiger partial charge >= 0.3 is 0 Å². The Morgan fingerprint density at radius 2 is 2.00 bits per heavy atom. The third-order valence-electron chi connectivity index (χ3n) is 1.47. The van der Waals surface area contributed by atoms with Crippen molar-refractivity contribution in [3.63, 3.8) is 0 Å². The minimum atomic E-state index is -0.166. The Labute approximate surface area is 74.5 Å². The minimum absolute atomic E-state index is 0.0490. The molecule has 0 saturated carbocycles. The molecule has 3 nitrogen and oxygen atoms in total. The third kappa shape index (κ3) is 7.54. The van der Waals surface area contributed by atoms with E-state index in [1.807, 2.05) is 6.92 Å². The molecule has 1 amide bonds. The molecule has 0 spiro atoms. The van der Waals surface area contributed by atoms with Crippen LogP contribution in [0.15, 0.2) is 0 Å². The van der Waals surface area contributed by atoms with Gasteiger partial charge in [-0.05, 0) is 19.3 Å². The molecule has 1 atom stereocenters. The molecule has 0 aromatic rings. The molecular weight excluding hydrogens is 154 g/mol. The second kappa shape index (κ2) is 6.00. The third-order valence-corrected chi connectivity index (χ3v) is 1.47. The first-order chi connectivity index (χ1) is 5.52. The lowest BCUT2D eigenvalue weighted by Gasteiger charge is -2.14. The highest BCUT2D eigenvalue weighted by atomic mass is 16.5. The van der Waals surface area contributed by atoms with Crippen molar-refractivity contribution in [3.05, 3.63) is 0 Å². The molecule has 0 aliphatic carbocycles. The zero-order chi connectivity index (χ0) is 9.56. The summed E-state index contributed by atoms with van der Waals surface area (Å²) in [7, 11) is 0. The highest BCUT2D eigenvalue weighted by molar-refractivity contribution is 5.72. The van der Waals surface area contributed by atoms with Gasteiger partial charge in [0, 0.05) is 13.5 Å². The first-order valence-electron chi connectivity index (χ1n) is 4.41. The van der Waals surface area contributed by atoms with Crippen LogP contribution in [0.1, 0.15) is 34.1 Å². The summed E-state index contributed by atoms with van der Waals surface area (Å²) in [4.78, 5) is 10.6. The van der Waals surface area contributed by atoms with Gasteiger partial charge in [-0.3, -0.25) is 4.79 Å². The van der Waals surface area contributed by atoms with E-state index in [0.717, 1.165) is 6.42 Å². The van der Waals surface area contributed by atoms with Crippen molar-refractivity contribution in [1.82, 2.24) is 5.32 Å². The molecule has 0 aliphatic heterocycles. The number of carbonyl (C=O) groups is 1. The second-order valence-electron chi connectivity index (χ2n) is 3.40. The molecule has 12 heavy (non-hydrogen) atoms. The summed E-state index contributed by atoms with van der Waals surface area (Å²) < 4.78 is 5.33. The average molecular weight is 173 g/mol. The van der Waals surface area contributed by atoms with Gasteiger partial charge in [0.1, 0.15) is 6.23 Å². The van der Waals surface area contributed by atoms with E-state index in [4.69, 9.17) is 4.74 Å². The maximum absolute atomic E-state index is 10.6. The molecule has 0 rings (SSSR count). The van der Waals surface area contributed by atoms with Crippen LogP contribution in [0.4, 0.5) is 0 Å². The summed E-state index contributed by atoms with van der Waals surface area (Å²) in [5.74, 6) is 0.599. The Morgan fingerprint density at radius 1 is 1.42 bits per heavy atom. The van der Waals surface area contributed by atoms with Gasteiger partial charge < -0.3 is 10.1 Å². The minimum Gasteiger partial charge on any atom is -0.359 e. The lowest BCUT2D eigenvalue weighted by Crippen LogP contribution is -2.33. The normalized spacial score (nSPS) is 13.1. The van der Waals surface area contributed by atoms with Gasteiger partial charge in [-0.2, -0.15) is 0 Å². The molecule has 0 saturated heterocycles. The number of hydrogen-bond donors (Lipinski definition) is 1. The standard InChI is InChI=1S/C9H19NO2/c1-7(2)5-6-12-9(4)10-8(3)11/h7,9H,5-6H2,1-4H3,(H,10,11). The number of amides is 1. The Hall–Kier alpha value is -0.570. The molecule has 1 N–H and O–H groups in total. The quantitative estimate of drug-likeness (QED) is 0.640. The van der Waals surface area contributed by atoms with Gasteiger partial charge in [-0.1, -0.05) is 13.8 Å². The molecule has 0 fully saturated rings. The van der Waals surface area contributed by atoms with Crippen LogP contribution in [-0.4, -0.2) is 18.7 Å². The molecular formula is C9H19NO2. The fourth-order valence-corrected chi connectivity index (χ4v) is 0.808. The number of rotatable bonds is 5. The molecule has 3 heteroatoms. The van der Waals surface area contributed by atoms with Gasteiger partial charge in [-0.25, -0.2) is 0 Å². The number of nitrogens with one attached hydrogen (secondary N) is 1. The van der Waals surface area contributed by atoms with Crippen LogP contribution in [0.25, 0.3) is 0 Å². The molecule has 1 unspecified atom stereocenters. The number of ether oxygens (including phenoxy) is 1. The SMILES string of the molecule is CC(=O)NC(C)OCCC(C)C. The van der Waals surface area contributed by atoms with Crippen molar-refractivity contribution in [2.75, 3.05) is 6.61 Å². The highest BCUT2D eigenvalue weighted by Gasteiger charge is 2.02. The maximum Gasteiger partial charge on any atom is 0.218 e. The molecule has 0 aromatic heterocycles. The van der Waals surface area contributed by atoms with Gasteiger partial charge in [0.25, 0.3) is 0 Å². The maximum atomic E-state index is 10.6. The fourth-order valence-electron chi connectivity index (χ4n) is 0.808. The largest absolute Gasteiger partial charge is 0.359 e. The average Bonchev–Trinajstić information content (AvgIpc) is 1.84. The van der Waals surface area contributed by atoms with Gasteiger partial charge in [0.15, 0.2) is 0 Å². The van der Waals surface area contributed by atoms with E-state index in [2.05, 4.69) is 19.2 Å².